The zero-order chi connectivity index (χ0) is 19.1. The second-order valence-electron chi connectivity index (χ2n) is 5.83. The lowest BCUT2D eigenvalue weighted by molar-refractivity contribution is 0.0921. The van der Waals surface area contributed by atoms with Gasteiger partial charge in [-0.1, -0.05) is 30.3 Å². The van der Waals surface area contributed by atoms with E-state index in [9.17, 15) is 9.00 Å². The first-order chi connectivity index (χ1) is 13.2. The Kier molecular flexibility index (Phi) is 6.44. The van der Waals surface area contributed by atoms with Crippen LogP contribution in [0.2, 0.25) is 0 Å². The summed E-state index contributed by atoms with van der Waals surface area (Å²) in [5, 5.41) is 2.82. The van der Waals surface area contributed by atoms with Crippen molar-refractivity contribution in [3.63, 3.8) is 0 Å². The molecule has 0 radical (unpaired) electrons. The summed E-state index contributed by atoms with van der Waals surface area (Å²) >= 11 is 0. The lowest BCUT2D eigenvalue weighted by Crippen LogP contribution is -2.22. The van der Waals surface area contributed by atoms with Crippen LogP contribution in [0.4, 0.5) is 0 Å². The van der Waals surface area contributed by atoms with E-state index in [-0.39, 0.29) is 17.4 Å². The highest BCUT2D eigenvalue weighted by Gasteiger charge is 2.13. The van der Waals surface area contributed by atoms with E-state index in [4.69, 9.17) is 9.15 Å². The zero-order valence-electron chi connectivity index (χ0n) is 15.0. The van der Waals surface area contributed by atoms with Gasteiger partial charge < -0.3 is 14.5 Å². The predicted molar refractivity (Wildman–Crippen MR) is 104 cm³/mol. The predicted octanol–water partition coefficient (Wildman–Crippen LogP) is 3.92. The van der Waals surface area contributed by atoms with Crippen molar-refractivity contribution in [3.8, 4) is 5.75 Å². The number of amides is 1. The third-order valence-corrected chi connectivity index (χ3v) is 5.20. The van der Waals surface area contributed by atoms with E-state index >= 15 is 0 Å². The zero-order valence-corrected chi connectivity index (χ0v) is 15.8. The van der Waals surface area contributed by atoms with Gasteiger partial charge in [-0.15, -0.1) is 0 Å². The number of rotatable bonds is 8. The van der Waals surface area contributed by atoms with Crippen LogP contribution in [0.1, 0.15) is 28.8 Å². The minimum atomic E-state index is -1.21. The molecule has 0 fully saturated rings. The smallest absolute Gasteiger partial charge is 0.287 e. The van der Waals surface area contributed by atoms with Crippen LogP contribution in [0.25, 0.3) is 0 Å². The maximum atomic E-state index is 12.3. The van der Waals surface area contributed by atoms with Gasteiger partial charge in [-0.25, -0.2) is 0 Å². The first-order valence-electron chi connectivity index (χ1n) is 8.68. The SMILES string of the molecule is CCOc1ccc(CNC(=O)c2ccc(CS(=O)c3ccccc3)o2)cc1. The van der Waals surface area contributed by atoms with E-state index in [0.29, 0.717) is 18.9 Å². The van der Waals surface area contributed by atoms with Gasteiger partial charge in [0.15, 0.2) is 5.76 Å². The summed E-state index contributed by atoms with van der Waals surface area (Å²) in [5.74, 6) is 1.45. The quantitative estimate of drug-likeness (QED) is 0.640. The fourth-order valence-electron chi connectivity index (χ4n) is 2.50. The second kappa shape index (κ2) is 9.19. The van der Waals surface area contributed by atoms with E-state index in [0.717, 1.165) is 16.2 Å². The highest BCUT2D eigenvalue weighted by atomic mass is 32.2. The van der Waals surface area contributed by atoms with Gasteiger partial charge in [0.1, 0.15) is 11.5 Å². The van der Waals surface area contributed by atoms with Crippen LogP contribution in [-0.2, 0) is 23.1 Å². The van der Waals surface area contributed by atoms with Crippen molar-refractivity contribution in [1.29, 1.82) is 0 Å². The van der Waals surface area contributed by atoms with Crippen LogP contribution in [0, 0.1) is 0 Å². The van der Waals surface area contributed by atoms with Crippen LogP contribution in [0.15, 0.2) is 76.0 Å². The molecular weight excluding hydrogens is 362 g/mol. The van der Waals surface area contributed by atoms with E-state index in [1.807, 2.05) is 61.5 Å². The molecule has 1 heterocycles. The molecule has 6 heteroatoms. The van der Waals surface area contributed by atoms with Gasteiger partial charge >= 0.3 is 0 Å². The van der Waals surface area contributed by atoms with Crippen molar-refractivity contribution in [1.82, 2.24) is 5.32 Å². The van der Waals surface area contributed by atoms with E-state index in [1.165, 1.54) is 0 Å². The molecule has 0 saturated carbocycles. The maximum Gasteiger partial charge on any atom is 0.287 e. The second-order valence-corrected chi connectivity index (χ2v) is 7.28. The fourth-order valence-corrected chi connectivity index (χ4v) is 3.54. The molecule has 27 heavy (non-hydrogen) atoms. The highest BCUT2D eigenvalue weighted by Crippen LogP contribution is 2.16. The van der Waals surface area contributed by atoms with Crippen molar-refractivity contribution in [2.24, 2.45) is 0 Å². The first kappa shape index (κ1) is 18.9. The first-order valence-corrected chi connectivity index (χ1v) is 9.99. The molecule has 3 rings (SSSR count). The van der Waals surface area contributed by atoms with E-state index < -0.39 is 10.8 Å². The Bertz CT molecular complexity index is 903. The van der Waals surface area contributed by atoms with Crippen molar-refractivity contribution in [2.75, 3.05) is 6.61 Å². The third kappa shape index (κ3) is 5.31. The largest absolute Gasteiger partial charge is 0.494 e. The average Bonchev–Trinajstić information content (AvgIpc) is 3.17. The van der Waals surface area contributed by atoms with Gasteiger partial charge in [0, 0.05) is 11.4 Å². The summed E-state index contributed by atoms with van der Waals surface area (Å²) < 4.78 is 23.3. The maximum absolute atomic E-state index is 12.3. The molecule has 0 spiro atoms. The Morgan fingerprint density at radius 1 is 1.04 bits per heavy atom. The molecule has 5 nitrogen and oxygen atoms in total. The number of benzene rings is 2. The molecule has 0 aliphatic carbocycles. The lowest BCUT2D eigenvalue weighted by Gasteiger charge is -2.06. The molecule has 140 valence electrons. The summed E-state index contributed by atoms with van der Waals surface area (Å²) in [6.45, 7) is 2.93. The van der Waals surface area contributed by atoms with Crippen LogP contribution in [-0.4, -0.2) is 16.7 Å². The summed E-state index contributed by atoms with van der Waals surface area (Å²) in [6, 6.07) is 20.0. The Hall–Kier alpha value is -2.86. The number of hydrogen-bond acceptors (Lipinski definition) is 4. The molecular formula is C21H21NO4S. The van der Waals surface area contributed by atoms with Gasteiger partial charge in [0.2, 0.25) is 0 Å². The van der Waals surface area contributed by atoms with Crippen molar-refractivity contribution in [3.05, 3.63) is 83.8 Å². The molecule has 1 aromatic heterocycles. The molecule has 0 saturated heterocycles. The summed E-state index contributed by atoms with van der Waals surface area (Å²) in [6.07, 6.45) is 0. The Morgan fingerprint density at radius 2 is 1.78 bits per heavy atom. The average molecular weight is 383 g/mol. The lowest BCUT2D eigenvalue weighted by atomic mass is 10.2. The van der Waals surface area contributed by atoms with Crippen LogP contribution < -0.4 is 10.1 Å². The number of furan rings is 1. The molecule has 2 aromatic carbocycles. The van der Waals surface area contributed by atoms with Gasteiger partial charge in [-0.05, 0) is 48.9 Å². The normalized spacial score (nSPS) is 11.7. The molecule has 3 aromatic rings. The van der Waals surface area contributed by atoms with Crippen molar-refractivity contribution in [2.45, 2.75) is 24.1 Å². The molecule has 0 bridgehead atoms. The minimum absolute atomic E-state index is 0.209. The van der Waals surface area contributed by atoms with Crippen molar-refractivity contribution < 1.29 is 18.2 Å². The standard InChI is InChI=1S/C21H21NO4S/c1-2-25-17-10-8-16(9-11-17)14-22-21(23)20-13-12-18(26-20)15-27(24)19-6-4-3-5-7-19/h3-13H,2,14-15H2,1H3,(H,22,23). The topological polar surface area (TPSA) is 68.5 Å². The van der Waals surface area contributed by atoms with Gasteiger partial charge in [-0.3, -0.25) is 9.00 Å². The number of nitrogens with one attached hydrogen (secondary N) is 1. The van der Waals surface area contributed by atoms with Crippen LogP contribution >= 0.6 is 0 Å². The molecule has 0 aliphatic heterocycles. The van der Waals surface area contributed by atoms with Gasteiger partial charge in [0.25, 0.3) is 5.91 Å². The number of ether oxygens (including phenoxy) is 1. The molecule has 1 unspecified atom stereocenters. The van der Waals surface area contributed by atoms with Gasteiger partial charge in [0.05, 0.1) is 23.2 Å². The van der Waals surface area contributed by atoms with Crippen molar-refractivity contribution >= 4 is 16.7 Å². The Labute approximate surface area is 160 Å². The highest BCUT2D eigenvalue weighted by molar-refractivity contribution is 7.84. The summed E-state index contributed by atoms with van der Waals surface area (Å²) in [7, 11) is -1.21. The summed E-state index contributed by atoms with van der Waals surface area (Å²) in [4.78, 5) is 13.0. The van der Waals surface area contributed by atoms with E-state index in [2.05, 4.69) is 5.32 Å². The molecule has 1 N–H and O–H groups in total. The summed E-state index contributed by atoms with van der Waals surface area (Å²) in [5.41, 5.74) is 0.962. The molecule has 0 aliphatic rings. The number of hydrogen-bond donors (Lipinski definition) is 1. The molecule has 1 atom stereocenters. The Balaban J connectivity index is 1.54. The van der Waals surface area contributed by atoms with Crippen LogP contribution in [0.3, 0.4) is 0 Å². The Morgan fingerprint density at radius 3 is 2.48 bits per heavy atom. The minimum Gasteiger partial charge on any atom is -0.494 e. The van der Waals surface area contributed by atoms with Crippen LogP contribution in [0.5, 0.6) is 5.75 Å². The third-order valence-electron chi connectivity index (χ3n) is 3.85. The van der Waals surface area contributed by atoms with E-state index in [1.54, 1.807) is 12.1 Å². The monoisotopic (exact) mass is 383 g/mol. The molecule has 1 amide bonds. The van der Waals surface area contributed by atoms with Gasteiger partial charge in [-0.2, -0.15) is 0 Å². The fraction of sp³-hybridized carbons (Fsp3) is 0.190. The number of carbonyl (C=O) groups excluding carboxylic acids is 1. The number of carbonyl (C=O) groups is 1.